The number of carbonyl (C=O) groups is 5. The van der Waals surface area contributed by atoms with Gasteiger partial charge in [0.1, 0.15) is 25.6 Å². The highest BCUT2D eigenvalue weighted by Crippen LogP contribution is 2.23. The summed E-state index contributed by atoms with van der Waals surface area (Å²) in [6.07, 6.45) is 45.2. The van der Waals surface area contributed by atoms with Gasteiger partial charge >= 0.3 is 30.1 Å². The summed E-state index contributed by atoms with van der Waals surface area (Å²) in [6, 6.07) is 4.97. The highest BCUT2D eigenvalue weighted by atomic mass is 16.6. The zero-order valence-electron chi connectivity index (χ0n) is 53.0. The first kappa shape index (κ1) is 77.7. The minimum atomic E-state index is -0.899. The largest absolute Gasteiger partial charge is 0.512 e. The van der Waals surface area contributed by atoms with Crippen LogP contribution in [0.15, 0.2) is 66.7 Å². The van der Waals surface area contributed by atoms with Crippen LogP contribution < -0.4 is 10.6 Å². The average molecular weight is 1200 g/mol. The molecule has 0 fully saturated rings. The molecule has 0 aromatic heterocycles. The molecule has 0 aliphatic carbocycles. The molecule has 1 aromatic rings. The van der Waals surface area contributed by atoms with Crippen molar-refractivity contribution in [3.63, 3.8) is 0 Å². The fraction of sp³-hybridized carbons (Fsp3) is 0.710. The summed E-state index contributed by atoms with van der Waals surface area (Å²) in [5, 5.41) is 43.7. The summed E-state index contributed by atoms with van der Waals surface area (Å²) < 4.78 is 27.4. The number of hydrogen-bond donors (Lipinski definition) is 6. The first-order valence-electron chi connectivity index (χ1n) is 33.0. The Morgan fingerprint density at radius 3 is 1.40 bits per heavy atom. The van der Waals surface area contributed by atoms with E-state index < -0.39 is 30.0 Å². The highest BCUT2D eigenvalue weighted by Gasteiger charge is 2.20. The molecule has 16 heteroatoms. The van der Waals surface area contributed by atoms with E-state index in [0.29, 0.717) is 68.3 Å². The second-order valence-corrected chi connectivity index (χ2v) is 22.8. The van der Waals surface area contributed by atoms with Crippen LogP contribution in [0.3, 0.4) is 0 Å². The molecular weight excluding hydrogens is 1080 g/mol. The van der Waals surface area contributed by atoms with Gasteiger partial charge in [-0.05, 0) is 121 Å². The Morgan fingerprint density at radius 1 is 0.482 bits per heavy atom. The van der Waals surface area contributed by atoms with Gasteiger partial charge in [-0.25, -0.2) is 9.59 Å². The molecule has 0 spiro atoms. The van der Waals surface area contributed by atoms with E-state index in [1.165, 1.54) is 38.5 Å². The van der Waals surface area contributed by atoms with Crippen LogP contribution >= 0.6 is 0 Å². The number of nitrogens with one attached hydrogen (secondary N) is 2. The van der Waals surface area contributed by atoms with E-state index in [1.807, 2.05) is 0 Å². The van der Waals surface area contributed by atoms with Crippen LogP contribution in [0, 0.1) is 13.5 Å². The van der Waals surface area contributed by atoms with Crippen LogP contribution in [0.2, 0.25) is 0 Å². The summed E-state index contributed by atoms with van der Waals surface area (Å²) >= 11 is 0. The van der Waals surface area contributed by atoms with Crippen LogP contribution in [0.1, 0.15) is 277 Å². The molecule has 4 unspecified atom stereocenters. The lowest BCUT2D eigenvalue weighted by molar-refractivity contribution is -0.167. The number of anilines is 2. The molecule has 0 aliphatic heterocycles. The number of allylic oxidation sites excluding steroid dienone is 3. The summed E-state index contributed by atoms with van der Waals surface area (Å²) in [4.78, 5) is 63.7. The maximum Gasteiger partial charge on any atom is 0.412 e. The molecule has 6 N–H and O–H groups in total. The zero-order chi connectivity index (χ0) is 62.2. The lowest BCUT2D eigenvalue weighted by Crippen LogP contribution is -2.30. The van der Waals surface area contributed by atoms with Crippen LogP contribution in [0.4, 0.5) is 21.0 Å². The van der Waals surface area contributed by atoms with Crippen molar-refractivity contribution in [2.75, 3.05) is 23.8 Å². The third kappa shape index (κ3) is 48.5. The molecule has 85 heavy (non-hydrogen) atoms. The van der Waals surface area contributed by atoms with Crippen LogP contribution in [-0.4, -0.2) is 88.2 Å². The fourth-order valence-corrected chi connectivity index (χ4v) is 9.46. The zero-order valence-corrected chi connectivity index (χ0v) is 53.0. The molecule has 0 bridgehead atoms. The summed E-state index contributed by atoms with van der Waals surface area (Å²) in [6.45, 7) is 8.62. The second kappa shape index (κ2) is 55.2. The van der Waals surface area contributed by atoms with Gasteiger partial charge in [0.2, 0.25) is 6.61 Å². The van der Waals surface area contributed by atoms with Crippen molar-refractivity contribution in [1.29, 1.82) is 0 Å². The quantitative estimate of drug-likeness (QED) is 0.0117. The monoisotopic (exact) mass is 1200 g/mol. The van der Waals surface area contributed by atoms with Gasteiger partial charge < -0.3 is 44.1 Å². The van der Waals surface area contributed by atoms with Crippen molar-refractivity contribution < 1.29 is 68.1 Å². The number of esters is 3. The molecule has 4 atom stereocenters. The SMILES string of the molecule is CCCCCCC(O)C/C=C/CCCCCCCC(=O)OCC(COC(=O)CCCCCCC/C=C/CC(CCCCCC)OC(=O)Nc1ccc(C)c(NC(=O)O[CH]/C(O)=C/O)c1)OC(=O)CCCCCCC/C=C/CC(O)CCCCCC. The number of amides is 2. The number of carbonyl (C=O) groups excluding carboxylic acids is 5. The molecule has 0 heterocycles. The van der Waals surface area contributed by atoms with Crippen molar-refractivity contribution in [2.24, 2.45) is 0 Å². The fourth-order valence-electron chi connectivity index (χ4n) is 9.46. The van der Waals surface area contributed by atoms with Gasteiger partial charge in [-0.1, -0.05) is 192 Å². The van der Waals surface area contributed by atoms with E-state index in [0.717, 1.165) is 154 Å². The lowest BCUT2D eigenvalue weighted by Gasteiger charge is -2.18. The van der Waals surface area contributed by atoms with Crippen molar-refractivity contribution in [1.82, 2.24) is 0 Å². The van der Waals surface area contributed by atoms with E-state index in [9.17, 15) is 39.3 Å². The lowest BCUT2D eigenvalue weighted by atomic mass is 10.1. The molecule has 485 valence electrons. The number of aryl methyl sites for hydroxylation is 1. The maximum absolute atomic E-state index is 13.0. The molecule has 16 nitrogen and oxygen atoms in total. The third-order valence-corrected chi connectivity index (χ3v) is 14.7. The van der Waals surface area contributed by atoms with Gasteiger partial charge in [-0.15, -0.1) is 0 Å². The van der Waals surface area contributed by atoms with Gasteiger partial charge in [0, 0.05) is 37.1 Å². The van der Waals surface area contributed by atoms with Crippen molar-refractivity contribution >= 4 is 41.5 Å². The second-order valence-electron chi connectivity index (χ2n) is 22.8. The topological polar surface area (TPSA) is 236 Å². The predicted molar refractivity (Wildman–Crippen MR) is 341 cm³/mol. The van der Waals surface area contributed by atoms with E-state index >= 15 is 0 Å². The first-order chi connectivity index (χ1) is 41.3. The molecule has 0 aliphatic rings. The van der Waals surface area contributed by atoms with Crippen molar-refractivity contribution in [3.8, 4) is 0 Å². The van der Waals surface area contributed by atoms with Crippen molar-refractivity contribution in [3.05, 3.63) is 78.8 Å². The van der Waals surface area contributed by atoms with Crippen LogP contribution in [0.25, 0.3) is 0 Å². The van der Waals surface area contributed by atoms with Gasteiger partial charge in [0.15, 0.2) is 11.9 Å². The first-order valence-corrected chi connectivity index (χ1v) is 33.0. The number of hydrogen-bond acceptors (Lipinski definition) is 14. The highest BCUT2D eigenvalue weighted by molar-refractivity contribution is 5.90. The number of aliphatic hydroxyl groups is 4. The van der Waals surface area contributed by atoms with E-state index in [-0.39, 0.29) is 62.7 Å². The Kier molecular flexibility index (Phi) is 50.5. The summed E-state index contributed by atoms with van der Waals surface area (Å²) in [5.74, 6) is -1.79. The Hall–Kier alpha value is -5.35. The van der Waals surface area contributed by atoms with E-state index in [4.69, 9.17) is 28.8 Å². The Morgan fingerprint density at radius 2 is 0.918 bits per heavy atom. The smallest absolute Gasteiger partial charge is 0.412 e. The summed E-state index contributed by atoms with van der Waals surface area (Å²) in [5.41, 5.74) is 1.48. The number of unbranched alkanes of at least 4 members (excludes halogenated alkanes) is 24. The molecular formula is C69H115N2O14. The molecule has 1 aromatic carbocycles. The minimum absolute atomic E-state index is 0.174. The average Bonchev–Trinajstić information content (AvgIpc) is 3.63. The molecule has 0 saturated carbocycles. The normalized spacial score (nSPS) is 13.2. The van der Waals surface area contributed by atoms with E-state index in [2.05, 4.69) is 67.9 Å². The van der Waals surface area contributed by atoms with Gasteiger partial charge in [-0.3, -0.25) is 25.0 Å². The number of rotatable bonds is 55. The molecule has 0 saturated heterocycles. The Labute approximate surface area is 512 Å². The van der Waals surface area contributed by atoms with Crippen LogP contribution in [0.5, 0.6) is 0 Å². The van der Waals surface area contributed by atoms with Gasteiger partial charge in [0.05, 0.1) is 12.2 Å². The maximum atomic E-state index is 13.0. The van der Waals surface area contributed by atoms with Gasteiger partial charge in [-0.2, -0.15) is 0 Å². The number of ether oxygens (including phenoxy) is 5. The standard InChI is InChI=1S/C69H115N2O14/c1-5-8-11-32-41-59(73)43-34-26-20-14-17-23-29-38-47-65(76)81-55-63(84-67(78)49-40-31-25-18-15-21-27-35-44-60(74)42-33-12-9-6-2)56-82-66(77)48-39-30-24-19-16-22-28-37-46-62(45-36-13-10-7-3)85-69(80)70-58-51-50-57(4)64(52-58)71-68(79)83-54-61(75)53-72/h26-28,34-35,37,50-54,59-60,62-63,72-75H,5-25,29-33,36,38-49,55-56H2,1-4H3,(H,70,80)(H,71,79)/b34-26+,35-27+,37-28+,61-53-. The summed E-state index contributed by atoms with van der Waals surface area (Å²) in [7, 11) is 0. The van der Waals surface area contributed by atoms with E-state index in [1.54, 1.807) is 25.1 Å². The number of aliphatic hydroxyl groups excluding tert-OH is 4. The molecule has 1 rings (SSSR count). The van der Waals surface area contributed by atoms with Crippen molar-refractivity contribution in [2.45, 2.75) is 303 Å². The number of benzene rings is 1. The molecule has 1 radical (unpaired) electrons. The Balaban J connectivity index is 2.54. The van der Waals surface area contributed by atoms with Gasteiger partial charge in [0.25, 0.3) is 0 Å². The third-order valence-electron chi connectivity index (χ3n) is 14.7. The minimum Gasteiger partial charge on any atom is -0.512 e. The molecule has 2 amide bonds. The predicted octanol–water partition coefficient (Wildman–Crippen LogP) is 18.2. The Bertz CT molecular complexity index is 1990. The van der Waals surface area contributed by atoms with Crippen LogP contribution in [-0.2, 0) is 38.1 Å².